The second-order valence-electron chi connectivity index (χ2n) is 5.72. The van der Waals surface area contributed by atoms with Gasteiger partial charge >= 0.3 is 6.03 Å². The number of amides is 4. The van der Waals surface area contributed by atoms with Crippen molar-refractivity contribution in [2.75, 3.05) is 10.2 Å². The molecule has 1 aliphatic rings. The highest BCUT2D eigenvalue weighted by Crippen LogP contribution is 2.26. The number of benzene rings is 2. The molecule has 4 rings (SSSR count). The fraction of sp³-hybridized carbons (Fsp3) is 0. The molecular formula is C19H13N5O3S. The Balaban J connectivity index is 1.57. The minimum absolute atomic E-state index is 0.208. The molecule has 0 spiro atoms. The van der Waals surface area contributed by atoms with Gasteiger partial charge in [-0.25, -0.2) is 9.69 Å². The quantitative estimate of drug-likeness (QED) is 0.523. The van der Waals surface area contributed by atoms with Crippen LogP contribution in [0.15, 0.2) is 72.4 Å². The van der Waals surface area contributed by atoms with E-state index < -0.39 is 17.8 Å². The molecule has 138 valence electrons. The van der Waals surface area contributed by atoms with Crippen LogP contribution in [-0.4, -0.2) is 28.0 Å². The van der Waals surface area contributed by atoms with Crippen LogP contribution >= 0.6 is 11.3 Å². The summed E-state index contributed by atoms with van der Waals surface area (Å²) in [4.78, 5) is 37.8. The van der Waals surface area contributed by atoms with Crippen LogP contribution in [0.4, 0.5) is 15.6 Å². The highest BCUT2D eigenvalue weighted by Gasteiger charge is 2.36. The van der Waals surface area contributed by atoms with Gasteiger partial charge in [-0.1, -0.05) is 59.9 Å². The summed E-state index contributed by atoms with van der Waals surface area (Å²) in [5, 5.41) is 14.2. The molecule has 1 aliphatic heterocycles. The summed E-state index contributed by atoms with van der Waals surface area (Å²) in [6.07, 6.45) is 1.23. The van der Waals surface area contributed by atoms with E-state index in [1.165, 1.54) is 17.5 Å². The first-order chi connectivity index (χ1) is 13.6. The van der Waals surface area contributed by atoms with Gasteiger partial charge < -0.3 is 5.32 Å². The van der Waals surface area contributed by atoms with E-state index in [4.69, 9.17) is 0 Å². The average Bonchev–Trinajstić information content (AvgIpc) is 3.18. The summed E-state index contributed by atoms with van der Waals surface area (Å²) in [5.74, 6) is -1.50. The number of carbonyl (C=O) groups is 3. The van der Waals surface area contributed by atoms with E-state index >= 15 is 0 Å². The number of aromatic nitrogens is 2. The Morgan fingerprint density at radius 3 is 2.32 bits per heavy atom. The number of nitrogens with zero attached hydrogens (tertiary/aromatic N) is 3. The van der Waals surface area contributed by atoms with Crippen molar-refractivity contribution in [2.45, 2.75) is 0 Å². The van der Waals surface area contributed by atoms with Gasteiger partial charge in [0.05, 0.1) is 5.69 Å². The molecule has 2 N–H and O–H groups in total. The lowest BCUT2D eigenvalue weighted by molar-refractivity contribution is -0.122. The van der Waals surface area contributed by atoms with Crippen molar-refractivity contribution in [3.8, 4) is 10.6 Å². The molecule has 9 heteroatoms. The number of hydrogen-bond donors (Lipinski definition) is 2. The van der Waals surface area contributed by atoms with E-state index in [1.807, 2.05) is 30.3 Å². The van der Waals surface area contributed by atoms with Crippen molar-refractivity contribution in [1.29, 1.82) is 0 Å². The van der Waals surface area contributed by atoms with E-state index in [1.54, 1.807) is 30.3 Å². The van der Waals surface area contributed by atoms with Crippen LogP contribution in [0, 0.1) is 0 Å². The number of carbonyl (C=O) groups excluding carboxylic acids is 3. The maximum atomic E-state index is 12.7. The summed E-state index contributed by atoms with van der Waals surface area (Å²) < 4.78 is 0. The second-order valence-corrected chi connectivity index (χ2v) is 6.69. The van der Waals surface area contributed by atoms with Crippen LogP contribution < -0.4 is 15.5 Å². The standard InChI is InChI=1S/C19H13N5O3S/c25-15-14(17(26)24(19(27)21-15)13-9-5-2-6-10-13)11-20-18-23-22-16(28-18)12-7-3-1-4-8-12/h1-11H,(H,20,23)(H,21,25,27)/b14-11-. The van der Waals surface area contributed by atoms with Gasteiger partial charge in [0.1, 0.15) is 10.6 Å². The zero-order chi connectivity index (χ0) is 19.5. The third kappa shape index (κ3) is 3.38. The van der Waals surface area contributed by atoms with Crippen molar-refractivity contribution in [2.24, 2.45) is 0 Å². The number of nitrogens with one attached hydrogen (secondary N) is 2. The molecule has 1 aromatic heterocycles. The zero-order valence-corrected chi connectivity index (χ0v) is 15.1. The van der Waals surface area contributed by atoms with Gasteiger partial charge in [-0.3, -0.25) is 14.9 Å². The first-order valence-corrected chi connectivity index (χ1v) is 9.05. The first kappa shape index (κ1) is 17.6. The van der Waals surface area contributed by atoms with Gasteiger partial charge in [-0.15, -0.1) is 10.2 Å². The highest BCUT2D eigenvalue weighted by molar-refractivity contribution is 7.18. The van der Waals surface area contributed by atoms with Crippen molar-refractivity contribution < 1.29 is 14.4 Å². The third-order valence-electron chi connectivity index (χ3n) is 3.90. The van der Waals surface area contributed by atoms with Gasteiger partial charge in [0.15, 0.2) is 0 Å². The van der Waals surface area contributed by atoms with Crippen LogP contribution in [0.1, 0.15) is 0 Å². The van der Waals surface area contributed by atoms with Gasteiger partial charge in [-0.05, 0) is 12.1 Å². The largest absolute Gasteiger partial charge is 0.336 e. The summed E-state index contributed by atoms with van der Waals surface area (Å²) in [6.45, 7) is 0. The zero-order valence-electron chi connectivity index (χ0n) is 14.3. The van der Waals surface area contributed by atoms with Crippen LogP contribution in [0.3, 0.4) is 0 Å². The maximum absolute atomic E-state index is 12.7. The summed E-state index contributed by atoms with van der Waals surface area (Å²) in [6, 6.07) is 17.1. The smallest absolute Gasteiger partial charge is 0.335 e. The van der Waals surface area contributed by atoms with Crippen LogP contribution in [0.25, 0.3) is 10.6 Å². The molecule has 0 atom stereocenters. The van der Waals surface area contributed by atoms with E-state index in [0.717, 1.165) is 10.5 Å². The number of barbiturate groups is 1. The molecule has 2 aromatic carbocycles. The Labute approximate surface area is 163 Å². The summed E-state index contributed by atoms with van der Waals surface area (Å²) >= 11 is 1.27. The van der Waals surface area contributed by atoms with E-state index in [2.05, 4.69) is 20.8 Å². The van der Waals surface area contributed by atoms with Gasteiger partial charge in [0.2, 0.25) is 5.13 Å². The lowest BCUT2D eigenvalue weighted by atomic mass is 10.1. The van der Waals surface area contributed by atoms with Crippen molar-refractivity contribution >= 4 is 40.0 Å². The molecule has 28 heavy (non-hydrogen) atoms. The Morgan fingerprint density at radius 2 is 1.61 bits per heavy atom. The molecule has 2 heterocycles. The third-order valence-corrected chi connectivity index (χ3v) is 4.81. The van der Waals surface area contributed by atoms with Crippen molar-refractivity contribution in [1.82, 2.24) is 15.5 Å². The molecule has 0 saturated carbocycles. The van der Waals surface area contributed by atoms with Gasteiger partial charge in [0, 0.05) is 11.8 Å². The van der Waals surface area contributed by atoms with Crippen LogP contribution in [-0.2, 0) is 9.59 Å². The number of imide groups is 2. The van der Waals surface area contributed by atoms with E-state index in [9.17, 15) is 14.4 Å². The number of rotatable bonds is 4. The Kier molecular flexibility index (Phi) is 4.65. The highest BCUT2D eigenvalue weighted by atomic mass is 32.1. The normalized spacial score (nSPS) is 15.6. The minimum atomic E-state index is -0.791. The molecular weight excluding hydrogens is 378 g/mol. The fourth-order valence-electron chi connectivity index (χ4n) is 2.58. The lowest BCUT2D eigenvalue weighted by Gasteiger charge is -2.26. The molecule has 1 fully saturated rings. The van der Waals surface area contributed by atoms with Crippen molar-refractivity contribution in [3.05, 3.63) is 72.4 Å². The Bertz CT molecular complexity index is 1080. The van der Waals surface area contributed by atoms with Crippen LogP contribution in [0.2, 0.25) is 0 Å². The summed E-state index contributed by atoms with van der Waals surface area (Å²) in [7, 11) is 0. The predicted octanol–water partition coefficient (Wildman–Crippen LogP) is 2.78. The first-order valence-electron chi connectivity index (χ1n) is 8.24. The van der Waals surface area contributed by atoms with Crippen LogP contribution in [0.5, 0.6) is 0 Å². The number of anilines is 2. The minimum Gasteiger partial charge on any atom is -0.336 e. The SMILES string of the molecule is O=C1NC(=O)N(c2ccccc2)C(=O)/C1=C\Nc1nnc(-c2ccccc2)s1. The maximum Gasteiger partial charge on any atom is 0.335 e. The molecule has 8 nitrogen and oxygen atoms in total. The number of hydrogen-bond acceptors (Lipinski definition) is 7. The Morgan fingerprint density at radius 1 is 0.929 bits per heavy atom. The summed E-state index contributed by atoms with van der Waals surface area (Å²) in [5.41, 5.74) is 1.07. The Hall–Kier alpha value is -3.85. The second kappa shape index (κ2) is 7.41. The predicted molar refractivity (Wildman–Crippen MR) is 105 cm³/mol. The lowest BCUT2D eigenvalue weighted by Crippen LogP contribution is -2.54. The number of urea groups is 1. The van der Waals surface area contributed by atoms with Crippen molar-refractivity contribution in [3.63, 3.8) is 0 Å². The molecule has 3 aromatic rings. The molecule has 0 unspecified atom stereocenters. The monoisotopic (exact) mass is 391 g/mol. The van der Waals surface area contributed by atoms with E-state index in [-0.39, 0.29) is 5.57 Å². The molecule has 1 saturated heterocycles. The number of para-hydroxylation sites is 1. The van der Waals surface area contributed by atoms with Gasteiger partial charge in [0.25, 0.3) is 11.8 Å². The topological polar surface area (TPSA) is 104 Å². The average molecular weight is 391 g/mol. The molecule has 4 amide bonds. The molecule has 0 bridgehead atoms. The van der Waals surface area contributed by atoms with E-state index in [0.29, 0.717) is 15.8 Å². The fourth-order valence-corrected chi connectivity index (χ4v) is 3.30. The molecule has 0 aliphatic carbocycles. The van der Waals surface area contributed by atoms with Gasteiger partial charge in [-0.2, -0.15) is 0 Å². The molecule has 0 radical (unpaired) electrons.